The summed E-state index contributed by atoms with van der Waals surface area (Å²) in [6, 6.07) is 5.47. The zero-order valence-electron chi connectivity index (χ0n) is 7.84. The molecule has 6 heteroatoms. The normalized spacial score (nSPS) is 12.9. The highest BCUT2D eigenvalue weighted by molar-refractivity contribution is 7.90. The Morgan fingerprint density at radius 2 is 2.00 bits per heavy atom. The molecule has 0 fully saturated rings. The van der Waals surface area contributed by atoms with Gasteiger partial charge in [-0.05, 0) is 6.07 Å². The Balaban J connectivity index is 3.36. The van der Waals surface area contributed by atoms with Crippen molar-refractivity contribution in [2.75, 3.05) is 6.26 Å². The Kier molecular flexibility index (Phi) is 3.34. The maximum Gasteiger partial charge on any atom is 0.238 e. The molecule has 1 aromatic carbocycles. The number of aliphatic imine (C=N–C) groups is 1. The van der Waals surface area contributed by atoms with Crippen molar-refractivity contribution in [3.63, 3.8) is 0 Å². The lowest BCUT2D eigenvalue weighted by molar-refractivity contribution is 0.351. The van der Waals surface area contributed by atoms with Gasteiger partial charge in [-0.2, -0.15) is 4.99 Å². The van der Waals surface area contributed by atoms with Crippen LogP contribution < -0.4 is 0 Å². The van der Waals surface area contributed by atoms with Crippen LogP contribution in [-0.2, 0) is 14.6 Å². The van der Waals surface area contributed by atoms with E-state index in [2.05, 4.69) is 4.99 Å². The van der Waals surface area contributed by atoms with Crippen LogP contribution in [0.1, 0.15) is 11.9 Å². The van der Waals surface area contributed by atoms with Crippen LogP contribution in [0.3, 0.4) is 0 Å². The maximum atomic E-state index is 13.2. The average molecular weight is 229 g/mol. The number of sulfone groups is 1. The summed E-state index contributed by atoms with van der Waals surface area (Å²) < 4.78 is 35.7. The third-order valence-corrected chi connectivity index (χ3v) is 2.91. The van der Waals surface area contributed by atoms with Gasteiger partial charge in [0.25, 0.3) is 0 Å². The van der Waals surface area contributed by atoms with Crippen LogP contribution in [0.15, 0.2) is 34.2 Å². The summed E-state index contributed by atoms with van der Waals surface area (Å²) in [4.78, 5) is 12.5. The standard InChI is InChI=1S/C9H8FNO3S/c1-15(13,14)8-5-3-2-4-7(8)9(10)11-6-12/h2-5,9H,1H3. The van der Waals surface area contributed by atoms with Gasteiger partial charge >= 0.3 is 0 Å². The molecule has 0 aromatic heterocycles. The first-order valence-corrected chi connectivity index (χ1v) is 5.86. The number of hydrogen-bond donors (Lipinski definition) is 0. The lowest BCUT2D eigenvalue weighted by Gasteiger charge is -2.07. The Labute approximate surface area is 86.4 Å². The van der Waals surface area contributed by atoms with E-state index in [4.69, 9.17) is 0 Å². The van der Waals surface area contributed by atoms with Gasteiger partial charge in [0.2, 0.25) is 12.4 Å². The van der Waals surface area contributed by atoms with E-state index in [0.29, 0.717) is 0 Å². The highest BCUT2D eigenvalue weighted by Crippen LogP contribution is 2.25. The minimum absolute atomic E-state index is 0.150. The van der Waals surface area contributed by atoms with E-state index < -0.39 is 16.1 Å². The summed E-state index contributed by atoms with van der Waals surface area (Å²) in [5, 5.41) is 0. The van der Waals surface area contributed by atoms with Crippen LogP contribution in [0, 0.1) is 0 Å². The first-order chi connectivity index (χ1) is 6.96. The number of halogens is 1. The van der Waals surface area contributed by atoms with Crippen LogP contribution in [0.4, 0.5) is 4.39 Å². The fraction of sp³-hybridized carbons (Fsp3) is 0.222. The van der Waals surface area contributed by atoms with Crippen LogP contribution >= 0.6 is 0 Å². The van der Waals surface area contributed by atoms with Gasteiger partial charge < -0.3 is 0 Å². The predicted octanol–water partition coefficient (Wildman–Crippen LogP) is 1.39. The van der Waals surface area contributed by atoms with Crippen molar-refractivity contribution in [3.8, 4) is 0 Å². The van der Waals surface area contributed by atoms with Gasteiger partial charge in [0, 0.05) is 11.8 Å². The van der Waals surface area contributed by atoms with Crippen LogP contribution in [-0.4, -0.2) is 20.8 Å². The van der Waals surface area contributed by atoms with E-state index in [9.17, 15) is 17.6 Å². The number of carbonyl (C=O) groups excluding carboxylic acids is 1. The van der Waals surface area contributed by atoms with Crippen LogP contribution in [0.2, 0.25) is 0 Å². The van der Waals surface area contributed by atoms with Crippen molar-refractivity contribution >= 4 is 15.9 Å². The summed E-state index contributed by atoms with van der Waals surface area (Å²) in [5.74, 6) is 0. The fourth-order valence-corrected chi connectivity index (χ4v) is 2.05. The van der Waals surface area contributed by atoms with E-state index in [1.807, 2.05) is 0 Å². The van der Waals surface area contributed by atoms with Gasteiger partial charge in [-0.25, -0.2) is 17.6 Å². The van der Waals surface area contributed by atoms with Crippen molar-refractivity contribution in [1.29, 1.82) is 0 Å². The molecule has 0 aliphatic heterocycles. The second-order valence-corrected chi connectivity index (χ2v) is 4.85. The predicted molar refractivity (Wildman–Crippen MR) is 51.5 cm³/mol. The summed E-state index contributed by atoms with van der Waals surface area (Å²) in [7, 11) is -3.53. The summed E-state index contributed by atoms with van der Waals surface area (Å²) >= 11 is 0. The van der Waals surface area contributed by atoms with Crippen molar-refractivity contribution < 1.29 is 17.6 Å². The van der Waals surface area contributed by atoms with Gasteiger partial charge in [-0.3, -0.25) is 0 Å². The zero-order chi connectivity index (χ0) is 11.5. The second-order valence-electron chi connectivity index (χ2n) is 2.87. The topological polar surface area (TPSA) is 63.6 Å². The molecule has 0 bridgehead atoms. The number of benzene rings is 1. The molecule has 0 N–H and O–H groups in total. The molecule has 0 radical (unpaired) electrons. The zero-order valence-corrected chi connectivity index (χ0v) is 8.66. The van der Waals surface area contributed by atoms with Crippen molar-refractivity contribution in [2.24, 2.45) is 4.99 Å². The molecule has 1 rings (SSSR count). The molecule has 0 amide bonds. The van der Waals surface area contributed by atoms with Gasteiger partial charge in [-0.15, -0.1) is 0 Å². The van der Waals surface area contributed by atoms with Crippen molar-refractivity contribution in [1.82, 2.24) is 0 Å². The Bertz CT molecular complexity index is 506. The third-order valence-electron chi connectivity index (χ3n) is 1.74. The van der Waals surface area contributed by atoms with E-state index in [1.54, 1.807) is 0 Å². The number of nitrogens with zero attached hydrogens (tertiary/aromatic N) is 1. The minimum atomic E-state index is -3.53. The first kappa shape index (κ1) is 11.6. The lowest BCUT2D eigenvalue weighted by Crippen LogP contribution is -2.03. The molecule has 1 atom stereocenters. The lowest BCUT2D eigenvalue weighted by atomic mass is 10.2. The molecule has 4 nitrogen and oxygen atoms in total. The molecular weight excluding hydrogens is 221 g/mol. The number of rotatable bonds is 3. The molecule has 0 aliphatic carbocycles. The van der Waals surface area contributed by atoms with E-state index in [1.165, 1.54) is 24.3 Å². The minimum Gasteiger partial charge on any atom is -0.224 e. The largest absolute Gasteiger partial charge is 0.238 e. The number of hydrogen-bond acceptors (Lipinski definition) is 4. The van der Waals surface area contributed by atoms with Crippen LogP contribution in [0.5, 0.6) is 0 Å². The number of alkyl halides is 1. The van der Waals surface area contributed by atoms with Gasteiger partial charge in [0.1, 0.15) is 0 Å². The fourth-order valence-electron chi connectivity index (χ4n) is 1.13. The van der Waals surface area contributed by atoms with Crippen molar-refractivity contribution in [2.45, 2.75) is 11.2 Å². The molecule has 0 saturated heterocycles. The van der Waals surface area contributed by atoms with Gasteiger partial charge in [0.15, 0.2) is 9.84 Å². The summed E-state index contributed by atoms with van der Waals surface area (Å²) in [6.45, 7) is 0. The molecular formula is C9H8FNO3S. The Morgan fingerprint density at radius 3 is 2.53 bits per heavy atom. The van der Waals surface area contributed by atoms with E-state index in [0.717, 1.165) is 12.3 Å². The monoisotopic (exact) mass is 229 g/mol. The van der Waals surface area contributed by atoms with Crippen LogP contribution in [0.25, 0.3) is 0 Å². The molecule has 0 saturated carbocycles. The molecule has 1 unspecified atom stereocenters. The third kappa shape index (κ3) is 2.71. The number of isocyanates is 1. The molecule has 0 aliphatic rings. The molecule has 0 spiro atoms. The highest BCUT2D eigenvalue weighted by atomic mass is 32.2. The van der Waals surface area contributed by atoms with E-state index in [-0.39, 0.29) is 10.5 Å². The molecule has 15 heavy (non-hydrogen) atoms. The Morgan fingerprint density at radius 1 is 1.40 bits per heavy atom. The Hall–Kier alpha value is -1.52. The highest BCUT2D eigenvalue weighted by Gasteiger charge is 2.18. The SMILES string of the molecule is CS(=O)(=O)c1ccccc1C(F)N=C=O. The van der Waals surface area contributed by atoms with E-state index >= 15 is 0 Å². The average Bonchev–Trinajstić information content (AvgIpc) is 2.17. The summed E-state index contributed by atoms with van der Waals surface area (Å²) in [6.07, 6.45) is 0.0191. The maximum absolute atomic E-state index is 13.2. The summed E-state index contributed by atoms with van der Waals surface area (Å²) in [5.41, 5.74) is -0.150. The molecule has 0 heterocycles. The first-order valence-electron chi connectivity index (χ1n) is 3.97. The quantitative estimate of drug-likeness (QED) is 0.447. The van der Waals surface area contributed by atoms with Gasteiger partial charge in [0.05, 0.1) is 4.90 Å². The van der Waals surface area contributed by atoms with Crippen molar-refractivity contribution in [3.05, 3.63) is 29.8 Å². The van der Waals surface area contributed by atoms with Gasteiger partial charge in [-0.1, -0.05) is 18.2 Å². The molecule has 80 valence electrons. The smallest absolute Gasteiger partial charge is 0.224 e. The second kappa shape index (κ2) is 4.33. The molecule has 1 aromatic rings.